The Balaban J connectivity index is 1.53. The molecule has 190 valence electrons. The Kier molecular flexibility index (Phi) is 5.24. The van der Waals surface area contributed by atoms with Crippen molar-refractivity contribution in [1.29, 1.82) is 0 Å². The van der Waals surface area contributed by atoms with Crippen LogP contribution in [0.15, 0.2) is 11.6 Å². The topological polar surface area (TPSA) is 122 Å². The lowest BCUT2D eigenvalue weighted by Crippen LogP contribution is -2.60. The highest BCUT2D eigenvalue weighted by Crippen LogP contribution is 2.72. The number of fused-ring (bicyclic) bond motifs is 5. The fourth-order valence-corrected chi connectivity index (χ4v) is 8.37. The fourth-order valence-electron chi connectivity index (χ4n) is 8.37. The van der Waals surface area contributed by atoms with Gasteiger partial charge in [0, 0.05) is 68.9 Å². The minimum atomic E-state index is -1.43. The molecule has 5 rings (SSSR count). The second kappa shape index (κ2) is 7.64. The van der Waals surface area contributed by atoms with Crippen molar-refractivity contribution in [3.8, 4) is 0 Å². The summed E-state index contributed by atoms with van der Waals surface area (Å²) in [6.45, 7) is 6.04. The van der Waals surface area contributed by atoms with Gasteiger partial charge in [-0.2, -0.15) is 0 Å². The lowest BCUT2D eigenvalue weighted by Gasteiger charge is -2.60. The highest BCUT2D eigenvalue weighted by molar-refractivity contribution is 5.91. The molecule has 0 amide bonds. The van der Waals surface area contributed by atoms with E-state index in [1.54, 1.807) is 0 Å². The molecule has 0 saturated heterocycles. The van der Waals surface area contributed by atoms with Crippen LogP contribution in [0, 0.1) is 28.6 Å². The first-order valence-corrected chi connectivity index (χ1v) is 12.4. The average Bonchev–Trinajstić information content (AvgIpc) is 3.19. The largest absolute Gasteiger partial charge is 0.462 e. The Hall–Kier alpha value is -2.71. The summed E-state index contributed by atoms with van der Waals surface area (Å²) in [6, 6.07) is 0. The Labute approximate surface area is 203 Å². The molecular formula is C26H32O9. The highest BCUT2D eigenvalue weighted by Gasteiger charge is 2.73. The Morgan fingerprint density at radius 3 is 2.40 bits per heavy atom. The van der Waals surface area contributed by atoms with Crippen molar-refractivity contribution in [2.24, 2.45) is 28.6 Å². The zero-order chi connectivity index (χ0) is 25.4. The van der Waals surface area contributed by atoms with Crippen molar-refractivity contribution in [2.45, 2.75) is 84.0 Å². The van der Waals surface area contributed by atoms with E-state index in [4.69, 9.17) is 18.9 Å². The van der Waals surface area contributed by atoms with Crippen LogP contribution in [0.4, 0.5) is 0 Å². The quantitative estimate of drug-likeness (QED) is 0.434. The molecular weight excluding hydrogens is 456 g/mol. The molecule has 4 aliphatic carbocycles. The first-order valence-electron chi connectivity index (χ1n) is 12.4. The summed E-state index contributed by atoms with van der Waals surface area (Å²) in [5, 5.41) is 0. The molecule has 4 saturated carbocycles. The Morgan fingerprint density at radius 1 is 1.03 bits per heavy atom. The third kappa shape index (κ3) is 3.37. The zero-order valence-corrected chi connectivity index (χ0v) is 20.6. The lowest BCUT2D eigenvalue weighted by molar-refractivity contribution is -0.225. The second-order valence-electron chi connectivity index (χ2n) is 11.4. The van der Waals surface area contributed by atoms with Crippen LogP contribution in [-0.4, -0.2) is 47.7 Å². The van der Waals surface area contributed by atoms with Gasteiger partial charge in [-0.05, 0) is 37.0 Å². The van der Waals surface area contributed by atoms with Crippen LogP contribution in [-0.2, 0) is 42.9 Å². The summed E-state index contributed by atoms with van der Waals surface area (Å²) in [5.41, 5.74) is -1.47. The number of ketones is 1. The van der Waals surface area contributed by atoms with Crippen molar-refractivity contribution in [3.05, 3.63) is 11.6 Å². The molecule has 35 heavy (non-hydrogen) atoms. The number of rotatable bonds is 4. The summed E-state index contributed by atoms with van der Waals surface area (Å²) in [4.78, 5) is 61.9. The molecule has 0 aromatic rings. The molecule has 0 unspecified atom stereocenters. The molecule has 0 N–H and O–H groups in total. The van der Waals surface area contributed by atoms with Crippen molar-refractivity contribution in [2.75, 3.05) is 6.61 Å². The van der Waals surface area contributed by atoms with Crippen LogP contribution in [0.3, 0.4) is 0 Å². The van der Waals surface area contributed by atoms with Gasteiger partial charge in [-0.1, -0.05) is 6.92 Å². The van der Waals surface area contributed by atoms with E-state index in [1.165, 1.54) is 26.8 Å². The SMILES string of the molecule is CC(=O)OC[C@@]1(OC(C)=O)C[C@]23C[C@H]1CC[C@H]2[C@]1(C)CC[C@@]2(OC(C)=O)OC(=O)C=C2[C@H]1CC3=O. The monoisotopic (exact) mass is 488 g/mol. The predicted molar refractivity (Wildman–Crippen MR) is 118 cm³/mol. The molecule has 0 aromatic heterocycles. The first-order chi connectivity index (χ1) is 16.4. The number of hydrogen-bond acceptors (Lipinski definition) is 9. The summed E-state index contributed by atoms with van der Waals surface area (Å²) in [7, 11) is 0. The highest BCUT2D eigenvalue weighted by atomic mass is 16.7. The van der Waals surface area contributed by atoms with Crippen LogP contribution in [0.1, 0.15) is 72.6 Å². The molecule has 0 radical (unpaired) electrons. The average molecular weight is 489 g/mol. The standard InChI is InChI=1S/C26H32O9/c1-14(27)32-13-25(33-15(2)28)12-24-11-17(25)5-6-20(24)23(4)7-8-26(34-16(3)29)19(10-22(31)35-26)18(23)9-21(24)30/h10,17-18,20H,5-9,11-13H2,1-4H3/t17-,18-,20+,23-,24-,25+,26-/m1/s1. The van der Waals surface area contributed by atoms with Gasteiger partial charge in [0.15, 0.2) is 0 Å². The van der Waals surface area contributed by atoms with Gasteiger partial charge < -0.3 is 18.9 Å². The molecule has 9 heteroatoms. The molecule has 5 aliphatic rings. The van der Waals surface area contributed by atoms with Crippen molar-refractivity contribution in [1.82, 2.24) is 0 Å². The zero-order valence-electron chi connectivity index (χ0n) is 20.6. The van der Waals surface area contributed by atoms with Gasteiger partial charge >= 0.3 is 23.9 Å². The van der Waals surface area contributed by atoms with Crippen LogP contribution >= 0.6 is 0 Å². The maximum atomic E-state index is 14.0. The van der Waals surface area contributed by atoms with E-state index < -0.39 is 40.7 Å². The summed E-state index contributed by atoms with van der Waals surface area (Å²) >= 11 is 0. The molecule has 0 aromatic carbocycles. The van der Waals surface area contributed by atoms with E-state index in [1.807, 2.05) is 0 Å². The maximum Gasteiger partial charge on any atom is 0.334 e. The molecule has 9 nitrogen and oxygen atoms in total. The van der Waals surface area contributed by atoms with Gasteiger partial charge in [0.2, 0.25) is 0 Å². The van der Waals surface area contributed by atoms with Gasteiger partial charge in [-0.15, -0.1) is 0 Å². The van der Waals surface area contributed by atoms with Gasteiger partial charge in [0.25, 0.3) is 5.79 Å². The predicted octanol–water partition coefficient (Wildman–Crippen LogP) is 2.79. The molecule has 1 heterocycles. The van der Waals surface area contributed by atoms with Crippen LogP contribution < -0.4 is 0 Å². The minimum absolute atomic E-state index is 0.0146. The minimum Gasteiger partial charge on any atom is -0.462 e. The first kappa shape index (κ1) is 24.0. The third-order valence-electron chi connectivity index (χ3n) is 9.50. The number of hydrogen-bond donors (Lipinski definition) is 0. The van der Waals surface area contributed by atoms with Crippen molar-refractivity contribution < 1.29 is 42.9 Å². The number of Topliss-reactive ketones (excluding diaryl/α,β-unsaturated/α-hetero) is 1. The lowest BCUT2D eigenvalue weighted by atomic mass is 9.43. The normalized spacial score (nSPS) is 43.2. The third-order valence-corrected chi connectivity index (χ3v) is 9.50. The second-order valence-corrected chi connectivity index (χ2v) is 11.4. The molecule has 2 bridgehead atoms. The van der Waals surface area contributed by atoms with Gasteiger partial charge in [0.05, 0.1) is 0 Å². The molecule has 7 atom stereocenters. The van der Waals surface area contributed by atoms with Gasteiger partial charge in [-0.25, -0.2) is 4.79 Å². The number of carbonyl (C=O) groups is 5. The van der Waals surface area contributed by atoms with Crippen LogP contribution in [0.25, 0.3) is 0 Å². The molecule has 1 aliphatic heterocycles. The van der Waals surface area contributed by atoms with E-state index in [0.717, 1.165) is 12.8 Å². The summed E-state index contributed by atoms with van der Waals surface area (Å²) in [5.74, 6) is -3.77. The van der Waals surface area contributed by atoms with E-state index in [9.17, 15) is 24.0 Å². The van der Waals surface area contributed by atoms with E-state index in [-0.39, 0.29) is 42.0 Å². The summed E-state index contributed by atoms with van der Waals surface area (Å²) < 4.78 is 22.3. The van der Waals surface area contributed by atoms with Crippen molar-refractivity contribution in [3.63, 3.8) is 0 Å². The van der Waals surface area contributed by atoms with Crippen LogP contribution in [0.5, 0.6) is 0 Å². The van der Waals surface area contributed by atoms with Gasteiger partial charge in [0.1, 0.15) is 18.0 Å². The Bertz CT molecular complexity index is 1060. The fraction of sp³-hybridized carbons (Fsp3) is 0.731. The van der Waals surface area contributed by atoms with E-state index >= 15 is 0 Å². The number of ether oxygens (including phenoxy) is 4. The summed E-state index contributed by atoms with van der Waals surface area (Å²) in [6.07, 6.45) is 4.95. The van der Waals surface area contributed by atoms with E-state index in [0.29, 0.717) is 31.3 Å². The number of carbonyl (C=O) groups excluding carboxylic acids is 5. The number of esters is 4. The van der Waals surface area contributed by atoms with Gasteiger partial charge in [-0.3, -0.25) is 19.2 Å². The maximum absolute atomic E-state index is 14.0. The molecule has 4 fully saturated rings. The van der Waals surface area contributed by atoms with Crippen molar-refractivity contribution >= 4 is 29.7 Å². The van der Waals surface area contributed by atoms with E-state index in [2.05, 4.69) is 6.92 Å². The Morgan fingerprint density at radius 2 is 1.74 bits per heavy atom. The molecule has 1 spiro atoms. The smallest absolute Gasteiger partial charge is 0.334 e. The van der Waals surface area contributed by atoms with Crippen LogP contribution in [0.2, 0.25) is 0 Å².